The number of anilines is 1. The minimum atomic E-state index is -0.0521. The summed E-state index contributed by atoms with van der Waals surface area (Å²) in [6.45, 7) is 0.600. The number of para-hydroxylation sites is 1. The summed E-state index contributed by atoms with van der Waals surface area (Å²) in [5.41, 5.74) is 3.35. The highest BCUT2D eigenvalue weighted by molar-refractivity contribution is 6.05. The zero-order chi connectivity index (χ0) is 17.5. The first-order chi connectivity index (χ1) is 12.8. The highest BCUT2D eigenvalue weighted by Gasteiger charge is 2.32. The molecule has 0 saturated heterocycles. The Hall–Kier alpha value is -2.82. The highest BCUT2D eigenvalue weighted by Crippen LogP contribution is 2.34. The van der Waals surface area contributed by atoms with Gasteiger partial charge in [-0.05, 0) is 55.0 Å². The Labute approximate surface area is 152 Å². The van der Waals surface area contributed by atoms with Crippen molar-refractivity contribution in [2.45, 2.75) is 38.1 Å². The van der Waals surface area contributed by atoms with E-state index < -0.39 is 0 Å². The van der Waals surface area contributed by atoms with E-state index >= 15 is 0 Å². The lowest BCUT2D eigenvalue weighted by Crippen LogP contribution is -2.41. The second kappa shape index (κ2) is 6.16. The van der Waals surface area contributed by atoms with Crippen LogP contribution in [0.2, 0.25) is 0 Å². The van der Waals surface area contributed by atoms with Gasteiger partial charge in [0.25, 0.3) is 5.91 Å². The topological polar surface area (TPSA) is 51.3 Å². The van der Waals surface area contributed by atoms with Crippen molar-refractivity contribution in [2.24, 2.45) is 0 Å². The summed E-state index contributed by atoms with van der Waals surface area (Å²) in [6, 6.07) is 12.1. The van der Waals surface area contributed by atoms with Crippen molar-refractivity contribution in [3.05, 3.63) is 71.4 Å². The van der Waals surface area contributed by atoms with Crippen molar-refractivity contribution in [1.82, 2.24) is 9.78 Å². The SMILES string of the molecule is O=C(c1cc2c(o1)CCCC2)N1CC(n2cccn2)Cc2ccccc21. The third-order valence-electron chi connectivity index (χ3n) is 5.48. The molecule has 0 saturated carbocycles. The third kappa shape index (κ3) is 2.55. The molecular formula is C21H21N3O2. The van der Waals surface area contributed by atoms with Crippen LogP contribution in [-0.2, 0) is 19.3 Å². The number of benzene rings is 1. The second-order valence-electron chi connectivity index (χ2n) is 7.15. The van der Waals surface area contributed by atoms with E-state index in [9.17, 15) is 4.79 Å². The average molecular weight is 347 g/mol. The Morgan fingerprint density at radius 2 is 2.00 bits per heavy atom. The normalized spacial score (nSPS) is 19.1. The number of hydrogen-bond donors (Lipinski definition) is 0. The average Bonchev–Trinajstić information content (AvgIpc) is 3.36. The van der Waals surface area contributed by atoms with Crippen molar-refractivity contribution in [1.29, 1.82) is 0 Å². The Morgan fingerprint density at radius 3 is 2.85 bits per heavy atom. The van der Waals surface area contributed by atoms with Gasteiger partial charge in [0.1, 0.15) is 5.76 Å². The molecule has 1 aliphatic heterocycles. The van der Waals surface area contributed by atoms with Crippen LogP contribution >= 0.6 is 0 Å². The molecule has 26 heavy (non-hydrogen) atoms. The molecular weight excluding hydrogens is 326 g/mol. The number of amides is 1. The monoisotopic (exact) mass is 347 g/mol. The van der Waals surface area contributed by atoms with Crippen LogP contribution < -0.4 is 4.90 Å². The van der Waals surface area contributed by atoms with Gasteiger partial charge in [0.15, 0.2) is 5.76 Å². The first kappa shape index (κ1) is 15.4. The van der Waals surface area contributed by atoms with Crippen LogP contribution in [0.3, 0.4) is 0 Å². The summed E-state index contributed by atoms with van der Waals surface area (Å²) in [4.78, 5) is 15.2. The Morgan fingerprint density at radius 1 is 1.12 bits per heavy atom. The molecule has 0 bridgehead atoms. The van der Waals surface area contributed by atoms with Crippen LogP contribution in [0.4, 0.5) is 5.69 Å². The van der Waals surface area contributed by atoms with Crippen molar-refractivity contribution in [3.8, 4) is 0 Å². The molecule has 1 unspecified atom stereocenters. The van der Waals surface area contributed by atoms with Gasteiger partial charge in [0, 0.05) is 31.0 Å². The minimum Gasteiger partial charge on any atom is -0.456 e. The third-order valence-corrected chi connectivity index (χ3v) is 5.48. The van der Waals surface area contributed by atoms with E-state index in [1.54, 1.807) is 6.20 Å². The second-order valence-corrected chi connectivity index (χ2v) is 7.15. The maximum atomic E-state index is 13.3. The van der Waals surface area contributed by atoms with Gasteiger partial charge in [-0.15, -0.1) is 0 Å². The molecule has 1 amide bonds. The number of furan rings is 1. The van der Waals surface area contributed by atoms with E-state index in [1.165, 1.54) is 17.5 Å². The number of carbonyl (C=O) groups excluding carboxylic acids is 1. The van der Waals surface area contributed by atoms with E-state index in [0.717, 1.165) is 37.1 Å². The first-order valence-corrected chi connectivity index (χ1v) is 9.30. The largest absolute Gasteiger partial charge is 0.456 e. The number of fused-ring (bicyclic) bond motifs is 2. The van der Waals surface area contributed by atoms with Crippen molar-refractivity contribution >= 4 is 11.6 Å². The summed E-state index contributed by atoms with van der Waals surface area (Å²) >= 11 is 0. The maximum absolute atomic E-state index is 13.3. The Bertz CT molecular complexity index is 919. The summed E-state index contributed by atoms with van der Waals surface area (Å²) in [5, 5.41) is 4.39. The lowest BCUT2D eigenvalue weighted by molar-refractivity contribution is 0.0951. The van der Waals surface area contributed by atoms with Gasteiger partial charge in [0.2, 0.25) is 0 Å². The molecule has 5 rings (SSSR count). The fourth-order valence-corrected chi connectivity index (χ4v) is 4.17. The number of rotatable bonds is 2. The van der Waals surface area contributed by atoms with Gasteiger partial charge in [0.05, 0.1) is 6.04 Å². The number of aryl methyl sites for hydroxylation is 2. The van der Waals surface area contributed by atoms with Crippen molar-refractivity contribution < 1.29 is 9.21 Å². The van der Waals surface area contributed by atoms with Gasteiger partial charge in [-0.25, -0.2) is 0 Å². The molecule has 1 aromatic carbocycles. The molecule has 0 N–H and O–H groups in total. The van der Waals surface area contributed by atoms with E-state index in [1.807, 2.05) is 46.1 Å². The van der Waals surface area contributed by atoms with Gasteiger partial charge < -0.3 is 9.32 Å². The lowest BCUT2D eigenvalue weighted by Gasteiger charge is -2.34. The van der Waals surface area contributed by atoms with Crippen molar-refractivity contribution in [3.63, 3.8) is 0 Å². The summed E-state index contributed by atoms with van der Waals surface area (Å²) in [6.07, 6.45) is 8.89. The number of hydrogen-bond acceptors (Lipinski definition) is 3. The first-order valence-electron chi connectivity index (χ1n) is 9.30. The molecule has 2 aromatic heterocycles. The predicted octanol–water partition coefficient (Wildman–Crippen LogP) is 3.80. The molecule has 5 nitrogen and oxygen atoms in total. The zero-order valence-corrected chi connectivity index (χ0v) is 14.6. The summed E-state index contributed by atoms with van der Waals surface area (Å²) in [7, 11) is 0. The number of nitrogens with zero attached hydrogens (tertiary/aromatic N) is 3. The minimum absolute atomic E-state index is 0.0521. The summed E-state index contributed by atoms with van der Waals surface area (Å²) in [5.74, 6) is 1.41. The molecule has 5 heteroatoms. The van der Waals surface area contributed by atoms with Crippen LogP contribution in [0.5, 0.6) is 0 Å². The predicted molar refractivity (Wildman–Crippen MR) is 98.4 cm³/mol. The molecule has 0 fully saturated rings. The van der Waals surface area contributed by atoms with Crippen LogP contribution in [0.15, 0.2) is 53.2 Å². The molecule has 132 valence electrons. The Balaban J connectivity index is 1.51. The number of aromatic nitrogens is 2. The molecule has 1 atom stereocenters. The molecule has 0 spiro atoms. The fraction of sp³-hybridized carbons (Fsp3) is 0.333. The van der Waals surface area contributed by atoms with Crippen LogP contribution in [0.25, 0.3) is 0 Å². The highest BCUT2D eigenvalue weighted by atomic mass is 16.4. The van der Waals surface area contributed by atoms with Gasteiger partial charge in [-0.1, -0.05) is 18.2 Å². The van der Waals surface area contributed by atoms with E-state index in [4.69, 9.17) is 4.42 Å². The Kier molecular flexibility index (Phi) is 3.66. The van der Waals surface area contributed by atoms with Gasteiger partial charge >= 0.3 is 0 Å². The van der Waals surface area contributed by atoms with Crippen LogP contribution in [-0.4, -0.2) is 22.2 Å². The quantitative estimate of drug-likeness (QED) is 0.708. The summed E-state index contributed by atoms with van der Waals surface area (Å²) < 4.78 is 7.90. The van der Waals surface area contributed by atoms with E-state index in [0.29, 0.717) is 12.3 Å². The molecule has 3 heterocycles. The van der Waals surface area contributed by atoms with E-state index in [-0.39, 0.29) is 11.9 Å². The molecule has 2 aliphatic rings. The van der Waals surface area contributed by atoms with Gasteiger partial charge in [-0.3, -0.25) is 9.48 Å². The van der Waals surface area contributed by atoms with Crippen molar-refractivity contribution in [2.75, 3.05) is 11.4 Å². The standard InChI is InChI=1S/C21H21N3O2/c25-21(20-13-16-7-2-4-9-19(16)26-20)23-14-17(24-11-5-10-22-24)12-15-6-1-3-8-18(15)23/h1,3,5-6,8,10-11,13,17H,2,4,7,9,12,14H2. The van der Waals surface area contributed by atoms with Crippen LogP contribution in [0.1, 0.15) is 46.3 Å². The molecule has 1 aliphatic carbocycles. The molecule has 3 aromatic rings. The lowest BCUT2D eigenvalue weighted by atomic mass is 9.97. The smallest absolute Gasteiger partial charge is 0.294 e. The molecule has 0 radical (unpaired) electrons. The maximum Gasteiger partial charge on any atom is 0.294 e. The van der Waals surface area contributed by atoms with E-state index in [2.05, 4.69) is 11.2 Å². The number of carbonyl (C=O) groups is 1. The van der Waals surface area contributed by atoms with Gasteiger partial charge in [-0.2, -0.15) is 5.10 Å². The fourth-order valence-electron chi connectivity index (χ4n) is 4.17. The van der Waals surface area contributed by atoms with Crippen LogP contribution in [0, 0.1) is 0 Å². The zero-order valence-electron chi connectivity index (χ0n) is 14.6.